The number of amides is 1. The molecule has 1 aromatic heterocycles. The maximum atomic E-state index is 14.6. The second-order valence-corrected chi connectivity index (χ2v) is 12.3. The third kappa shape index (κ3) is 6.66. The summed E-state index contributed by atoms with van der Waals surface area (Å²) in [6.45, 7) is 3.48. The van der Waals surface area contributed by atoms with E-state index >= 15 is 0 Å². The van der Waals surface area contributed by atoms with Gasteiger partial charge in [-0.2, -0.15) is 5.10 Å². The number of methoxy groups -OCH3 is 2. The summed E-state index contributed by atoms with van der Waals surface area (Å²) in [6.07, 6.45) is -1.37. The number of aromatic carboxylic acids is 2. The van der Waals surface area contributed by atoms with Gasteiger partial charge in [-0.15, -0.1) is 0 Å². The molecule has 0 spiro atoms. The van der Waals surface area contributed by atoms with Crippen molar-refractivity contribution in [2.24, 2.45) is 5.41 Å². The zero-order valence-electron chi connectivity index (χ0n) is 26.1. The Hall–Kier alpha value is -4.91. The van der Waals surface area contributed by atoms with Gasteiger partial charge in [-0.05, 0) is 42.5 Å². The van der Waals surface area contributed by atoms with E-state index < -0.39 is 35.5 Å². The molecule has 1 amide bonds. The fourth-order valence-corrected chi connectivity index (χ4v) is 5.80. The van der Waals surface area contributed by atoms with E-state index in [4.69, 9.17) is 25.8 Å². The summed E-state index contributed by atoms with van der Waals surface area (Å²) in [5.41, 5.74) is 0.984. The molecule has 0 saturated heterocycles. The van der Waals surface area contributed by atoms with Crippen molar-refractivity contribution in [2.75, 3.05) is 32.3 Å². The molecule has 4 aromatic rings. The zero-order chi connectivity index (χ0) is 34.0. The maximum absolute atomic E-state index is 14.6. The van der Waals surface area contributed by atoms with E-state index in [1.807, 2.05) is 13.8 Å². The Labute approximate surface area is 275 Å². The second-order valence-electron chi connectivity index (χ2n) is 11.8. The number of anilines is 1. The summed E-state index contributed by atoms with van der Waals surface area (Å²) in [4.78, 5) is 40.3. The molecule has 12 nitrogen and oxygen atoms in total. The molecule has 246 valence electrons. The van der Waals surface area contributed by atoms with Crippen molar-refractivity contribution in [2.45, 2.75) is 32.5 Å². The van der Waals surface area contributed by atoms with E-state index in [9.17, 15) is 29.7 Å². The van der Waals surface area contributed by atoms with Crippen LogP contribution in [-0.2, 0) is 16.0 Å². The van der Waals surface area contributed by atoms with Gasteiger partial charge in [0.15, 0.2) is 11.5 Å². The Morgan fingerprint density at radius 1 is 1.00 bits per heavy atom. The van der Waals surface area contributed by atoms with Crippen molar-refractivity contribution in [3.05, 3.63) is 99.8 Å². The molecule has 13 heteroatoms. The normalized spacial score (nSPS) is 16.4. The summed E-state index contributed by atoms with van der Waals surface area (Å²) in [5, 5.41) is 34.5. The van der Waals surface area contributed by atoms with E-state index in [2.05, 4.69) is 5.10 Å². The van der Waals surface area contributed by atoms with Crippen LogP contribution in [0, 0.1) is 5.41 Å². The van der Waals surface area contributed by atoms with Crippen LogP contribution < -0.4 is 14.4 Å². The van der Waals surface area contributed by atoms with E-state index in [1.165, 1.54) is 42.0 Å². The number of ether oxygens (including phenoxy) is 3. The molecule has 1 aliphatic heterocycles. The van der Waals surface area contributed by atoms with Gasteiger partial charge in [0, 0.05) is 46.8 Å². The number of hydrogen-bond donors (Lipinski definition) is 3. The molecule has 0 radical (unpaired) electrons. The average molecular weight is 664 g/mol. The Bertz CT molecular complexity index is 1840. The number of aromatic nitrogens is 2. The average Bonchev–Trinajstić information content (AvgIpc) is 3.44. The fraction of sp³-hybridized carbons (Fsp3) is 0.294. The van der Waals surface area contributed by atoms with Crippen LogP contribution in [0.15, 0.2) is 66.9 Å². The number of fused-ring (bicyclic) bond motifs is 1. The lowest BCUT2D eigenvalue weighted by Crippen LogP contribution is -2.46. The third-order valence-corrected chi connectivity index (χ3v) is 8.19. The largest absolute Gasteiger partial charge is 0.493 e. The van der Waals surface area contributed by atoms with Gasteiger partial charge in [0.1, 0.15) is 17.8 Å². The van der Waals surface area contributed by atoms with Gasteiger partial charge in [0.25, 0.3) is 5.91 Å². The summed E-state index contributed by atoms with van der Waals surface area (Å²) in [5.74, 6) is -2.17. The molecule has 47 heavy (non-hydrogen) atoms. The minimum Gasteiger partial charge on any atom is -0.493 e. The molecule has 0 unspecified atom stereocenters. The molecule has 5 rings (SSSR count). The van der Waals surface area contributed by atoms with Crippen LogP contribution in [0.25, 0.3) is 5.69 Å². The van der Waals surface area contributed by atoms with Crippen molar-refractivity contribution in [1.29, 1.82) is 0 Å². The van der Waals surface area contributed by atoms with Gasteiger partial charge in [-0.25, -0.2) is 14.3 Å². The van der Waals surface area contributed by atoms with Gasteiger partial charge >= 0.3 is 11.9 Å². The Morgan fingerprint density at radius 3 is 2.40 bits per heavy atom. The first kappa shape index (κ1) is 33.5. The van der Waals surface area contributed by atoms with Crippen molar-refractivity contribution in [3.8, 4) is 17.2 Å². The Kier molecular flexibility index (Phi) is 9.57. The molecule has 3 aromatic carbocycles. The number of nitrogens with zero attached hydrogens (tertiary/aromatic N) is 3. The molecule has 0 bridgehead atoms. The van der Waals surface area contributed by atoms with Gasteiger partial charge in [-0.3, -0.25) is 4.79 Å². The summed E-state index contributed by atoms with van der Waals surface area (Å²) in [6, 6.07) is 16.2. The zero-order valence-corrected chi connectivity index (χ0v) is 26.9. The predicted octanol–water partition coefficient (Wildman–Crippen LogP) is 5.02. The minimum atomic E-state index is -1.30. The number of para-hydroxylation sites is 1. The number of carbonyl (C=O) groups excluding carboxylic acids is 1. The highest BCUT2D eigenvalue weighted by Gasteiger charge is 2.41. The van der Waals surface area contributed by atoms with Gasteiger partial charge < -0.3 is 34.4 Å². The smallest absolute Gasteiger partial charge is 0.339 e. The molecule has 0 aliphatic carbocycles. The lowest BCUT2D eigenvalue weighted by molar-refractivity contribution is -0.132. The highest BCUT2D eigenvalue weighted by molar-refractivity contribution is 6.30. The SMILES string of the molecule is COc1cccc([C@H]2O[C@H](Cc3c(C(=O)O)cnn3-c3cccc(C(=O)O)c3)C(=O)N(CC(C)(C)CO)c3ccc(Cl)cc32)c1OC. The van der Waals surface area contributed by atoms with E-state index in [0.29, 0.717) is 33.3 Å². The number of carboxylic acids is 2. The third-order valence-electron chi connectivity index (χ3n) is 7.95. The number of aliphatic hydroxyl groups excluding tert-OH is 1. The summed E-state index contributed by atoms with van der Waals surface area (Å²) >= 11 is 6.52. The standard InChI is InChI=1S/C34H34ClN3O9/c1-34(2,18-39)17-37-25-12-11-20(35)14-23(25)29(22-9-6-10-27(45-3)30(22)46-4)47-28(31(37)40)15-26-24(33(43)44)16-36-38(26)21-8-5-7-19(13-21)32(41)42/h5-14,16,28-29,39H,15,17-18H2,1-4H3,(H,41,42)(H,43,44)/t28-,29-/m1/s1. The Balaban J connectivity index is 1.72. The molecule has 0 saturated carbocycles. The molecule has 2 atom stereocenters. The van der Waals surface area contributed by atoms with Crippen molar-refractivity contribution in [3.63, 3.8) is 0 Å². The first-order valence-electron chi connectivity index (χ1n) is 14.6. The molecular weight excluding hydrogens is 630 g/mol. The molecule has 2 heterocycles. The Morgan fingerprint density at radius 2 is 1.74 bits per heavy atom. The maximum Gasteiger partial charge on any atom is 0.339 e. The first-order valence-corrected chi connectivity index (χ1v) is 15.0. The number of halogens is 1. The van der Waals surface area contributed by atoms with Crippen molar-refractivity contribution in [1.82, 2.24) is 9.78 Å². The molecule has 0 fully saturated rings. The minimum absolute atomic E-state index is 0.0301. The van der Waals surface area contributed by atoms with Crippen LogP contribution in [0.3, 0.4) is 0 Å². The number of benzene rings is 3. The van der Waals surface area contributed by atoms with Crippen molar-refractivity contribution >= 4 is 35.1 Å². The lowest BCUT2D eigenvalue weighted by atomic mass is 9.92. The number of carboxylic acid groups (broad SMARTS) is 2. The monoisotopic (exact) mass is 663 g/mol. The van der Waals surface area contributed by atoms with Crippen LogP contribution in [0.1, 0.15) is 57.5 Å². The lowest BCUT2D eigenvalue weighted by Gasteiger charge is -2.32. The summed E-state index contributed by atoms with van der Waals surface area (Å²) in [7, 11) is 2.98. The highest BCUT2D eigenvalue weighted by Crippen LogP contribution is 2.45. The van der Waals surface area contributed by atoms with Crippen molar-refractivity contribution < 1.29 is 43.9 Å². The van der Waals surface area contributed by atoms with Crippen LogP contribution in [0.4, 0.5) is 5.69 Å². The van der Waals surface area contributed by atoms with Crippen LogP contribution >= 0.6 is 11.6 Å². The molecule has 1 aliphatic rings. The van der Waals surface area contributed by atoms with Crippen LogP contribution in [-0.4, -0.2) is 76.4 Å². The predicted molar refractivity (Wildman–Crippen MR) is 172 cm³/mol. The first-order chi connectivity index (χ1) is 22.4. The van der Waals surface area contributed by atoms with Gasteiger partial charge in [0.2, 0.25) is 0 Å². The van der Waals surface area contributed by atoms with Gasteiger partial charge in [-0.1, -0.05) is 43.6 Å². The molecular formula is C34H34ClN3O9. The van der Waals surface area contributed by atoms with Crippen LogP contribution in [0.2, 0.25) is 5.02 Å². The number of aliphatic hydroxyl groups is 1. The highest BCUT2D eigenvalue weighted by atomic mass is 35.5. The number of carbonyl (C=O) groups is 3. The van der Waals surface area contributed by atoms with E-state index in [-0.39, 0.29) is 42.1 Å². The summed E-state index contributed by atoms with van der Waals surface area (Å²) < 4.78 is 19.3. The quantitative estimate of drug-likeness (QED) is 0.199. The fourth-order valence-electron chi connectivity index (χ4n) is 5.62. The number of rotatable bonds is 11. The topological polar surface area (TPSA) is 161 Å². The van der Waals surface area contributed by atoms with Crippen LogP contribution in [0.5, 0.6) is 11.5 Å². The van der Waals surface area contributed by atoms with E-state index in [0.717, 1.165) is 6.20 Å². The van der Waals surface area contributed by atoms with E-state index in [1.54, 1.807) is 42.5 Å². The van der Waals surface area contributed by atoms with Gasteiger partial charge in [0.05, 0.1) is 37.4 Å². The number of hydrogen-bond acceptors (Lipinski definition) is 8. The second kappa shape index (κ2) is 13.4. The molecule has 3 N–H and O–H groups in total.